The second-order valence-corrected chi connectivity index (χ2v) is 3.80. The molecule has 5 heteroatoms. The standard InChI is InChI=1S/C14H12FNO3/c1-18-14(17)7-4-10-3-6-13(19-10)11-8-9(16)2-5-12(11)15/h2-8H,16H2,1H3/b7-4+. The van der Waals surface area contributed by atoms with Gasteiger partial charge in [-0.15, -0.1) is 0 Å². The lowest BCUT2D eigenvalue weighted by Gasteiger charge is -2.00. The number of furan rings is 1. The van der Waals surface area contributed by atoms with Gasteiger partial charge in [-0.25, -0.2) is 9.18 Å². The lowest BCUT2D eigenvalue weighted by molar-refractivity contribution is -0.134. The Balaban J connectivity index is 2.28. The number of esters is 1. The van der Waals surface area contributed by atoms with Crippen molar-refractivity contribution in [1.29, 1.82) is 0 Å². The van der Waals surface area contributed by atoms with E-state index in [0.29, 0.717) is 17.2 Å². The zero-order valence-corrected chi connectivity index (χ0v) is 10.2. The van der Waals surface area contributed by atoms with E-state index in [4.69, 9.17) is 10.2 Å². The molecule has 19 heavy (non-hydrogen) atoms. The van der Waals surface area contributed by atoms with Crippen molar-refractivity contribution in [2.24, 2.45) is 0 Å². The Bertz CT molecular complexity index is 631. The van der Waals surface area contributed by atoms with Crippen molar-refractivity contribution in [2.45, 2.75) is 0 Å². The normalized spacial score (nSPS) is 10.8. The highest BCUT2D eigenvalue weighted by molar-refractivity contribution is 5.86. The van der Waals surface area contributed by atoms with Gasteiger partial charge in [0.25, 0.3) is 0 Å². The minimum atomic E-state index is -0.493. The van der Waals surface area contributed by atoms with Gasteiger partial charge in [0.2, 0.25) is 0 Å². The monoisotopic (exact) mass is 261 g/mol. The lowest BCUT2D eigenvalue weighted by atomic mass is 10.1. The summed E-state index contributed by atoms with van der Waals surface area (Å²) in [6.45, 7) is 0. The van der Waals surface area contributed by atoms with Crippen LogP contribution in [0, 0.1) is 5.82 Å². The van der Waals surface area contributed by atoms with Crippen molar-refractivity contribution in [2.75, 3.05) is 12.8 Å². The molecule has 1 aromatic carbocycles. The summed E-state index contributed by atoms with van der Waals surface area (Å²) in [7, 11) is 1.28. The molecular weight excluding hydrogens is 249 g/mol. The quantitative estimate of drug-likeness (QED) is 0.524. The Hall–Kier alpha value is -2.56. The molecule has 0 spiro atoms. The molecular formula is C14H12FNO3. The Morgan fingerprint density at radius 1 is 1.37 bits per heavy atom. The molecule has 98 valence electrons. The first-order valence-corrected chi connectivity index (χ1v) is 5.51. The van der Waals surface area contributed by atoms with E-state index in [9.17, 15) is 9.18 Å². The van der Waals surface area contributed by atoms with Crippen molar-refractivity contribution < 1.29 is 18.3 Å². The molecule has 0 saturated heterocycles. The maximum absolute atomic E-state index is 13.6. The fourth-order valence-corrected chi connectivity index (χ4v) is 1.54. The average molecular weight is 261 g/mol. The van der Waals surface area contributed by atoms with Crippen LogP contribution in [0.3, 0.4) is 0 Å². The van der Waals surface area contributed by atoms with Gasteiger partial charge in [0.1, 0.15) is 17.3 Å². The fraction of sp³-hybridized carbons (Fsp3) is 0.0714. The van der Waals surface area contributed by atoms with Gasteiger partial charge in [0.05, 0.1) is 12.7 Å². The minimum Gasteiger partial charge on any atom is -0.466 e. The topological polar surface area (TPSA) is 65.5 Å². The number of nitrogen functional groups attached to an aromatic ring is 1. The first-order chi connectivity index (χ1) is 9.10. The van der Waals surface area contributed by atoms with Crippen LogP contribution in [0.2, 0.25) is 0 Å². The van der Waals surface area contributed by atoms with E-state index in [0.717, 1.165) is 0 Å². The third-order valence-corrected chi connectivity index (χ3v) is 2.47. The maximum atomic E-state index is 13.6. The van der Waals surface area contributed by atoms with Gasteiger partial charge in [-0.1, -0.05) is 0 Å². The number of hydrogen-bond acceptors (Lipinski definition) is 4. The van der Waals surface area contributed by atoms with Crippen LogP contribution in [0.4, 0.5) is 10.1 Å². The Morgan fingerprint density at radius 2 is 2.16 bits per heavy atom. The zero-order valence-electron chi connectivity index (χ0n) is 10.2. The van der Waals surface area contributed by atoms with Crippen molar-refractivity contribution >= 4 is 17.7 Å². The van der Waals surface area contributed by atoms with E-state index in [1.54, 1.807) is 12.1 Å². The molecule has 0 radical (unpaired) electrons. The summed E-state index contributed by atoms with van der Waals surface area (Å²) < 4.78 is 23.5. The number of rotatable bonds is 3. The van der Waals surface area contributed by atoms with Crippen molar-refractivity contribution in [3.8, 4) is 11.3 Å². The van der Waals surface area contributed by atoms with Crippen molar-refractivity contribution in [3.63, 3.8) is 0 Å². The first-order valence-electron chi connectivity index (χ1n) is 5.51. The molecule has 0 aliphatic rings. The predicted octanol–water partition coefficient (Wildman–Crippen LogP) is 2.85. The van der Waals surface area contributed by atoms with E-state index in [1.165, 1.54) is 37.5 Å². The fourth-order valence-electron chi connectivity index (χ4n) is 1.54. The Morgan fingerprint density at radius 3 is 2.89 bits per heavy atom. The molecule has 0 aliphatic heterocycles. The molecule has 0 bridgehead atoms. The molecule has 2 N–H and O–H groups in total. The van der Waals surface area contributed by atoms with E-state index in [-0.39, 0.29) is 5.56 Å². The van der Waals surface area contributed by atoms with Crippen LogP contribution >= 0.6 is 0 Å². The van der Waals surface area contributed by atoms with Crippen LogP contribution in [-0.4, -0.2) is 13.1 Å². The maximum Gasteiger partial charge on any atom is 0.330 e. The van der Waals surface area contributed by atoms with Crippen LogP contribution in [0.5, 0.6) is 0 Å². The number of nitrogens with two attached hydrogens (primary N) is 1. The molecule has 4 nitrogen and oxygen atoms in total. The number of ether oxygens (including phenoxy) is 1. The Kier molecular flexibility index (Phi) is 3.66. The van der Waals surface area contributed by atoms with Crippen LogP contribution in [0.25, 0.3) is 17.4 Å². The SMILES string of the molecule is COC(=O)/C=C/c1ccc(-c2cc(N)ccc2F)o1. The molecule has 0 saturated carbocycles. The summed E-state index contributed by atoms with van der Waals surface area (Å²) in [5.74, 6) is -0.156. The number of hydrogen-bond donors (Lipinski definition) is 1. The van der Waals surface area contributed by atoms with E-state index in [2.05, 4.69) is 4.74 Å². The third-order valence-electron chi connectivity index (χ3n) is 2.47. The number of halogens is 1. The van der Waals surface area contributed by atoms with Crippen molar-refractivity contribution in [3.05, 3.63) is 48.0 Å². The average Bonchev–Trinajstić information content (AvgIpc) is 2.87. The van der Waals surface area contributed by atoms with Gasteiger partial charge in [0, 0.05) is 11.8 Å². The van der Waals surface area contributed by atoms with Crippen LogP contribution < -0.4 is 5.73 Å². The summed E-state index contributed by atoms with van der Waals surface area (Å²) >= 11 is 0. The summed E-state index contributed by atoms with van der Waals surface area (Å²) in [5.41, 5.74) is 6.32. The van der Waals surface area contributed by atoms with Crippen LogP contribution in [0.1, 0.15) is 5.76 Å². The second-order valence-electron chi connectivity index (χ2n) is 3.80. The van der Waals surface area contributed by atoms with Gasteiger partial charge in [-0.2, -0.15) is 0 Å². The number of benzene rings is 1. The van der Waals surface area contributed by atoms with E-state index in [1.807, 2.05) is 0 Å². The van der Waals surface area contributed by atoms with Gasteiger partial charge in [-0.3, -0.25) is 0 Å². The van der Waals surface area contributed by atoms with Gasteiger partial charge in [-0.05, 0) is 36.4 Å². The minimum absolute atomic E-state index is 0.276. The highest BCUT2D eigenvalue weighted by Crippen LogP contribution is 2.27. The summed E-state index contributed by atoms with van der Waals surface area (Å²) in [6, 6.07) is 7.46. The number of methoxy groups -OCH3 is 1. The van der Waals surface area contributed by atoms with Gasteiger partial charge >= 0.3 is 5.97 Å². The summed E-state index contributed by atoms with van der Waals surface area (Å²) in [4.78, 5) is 10.9. The second kappa shape index (κ2) is 5.39. The van der Waals surface area contributed by atoms with Crippen LogP contribution in [0.15, 0.2) is 40.8 Å². The van der Waals surface area contributed by atoms with Crippen molar-refractivity contribution in [1.82, 2.24) is 0 Å². The molecule has 2 aromatic rings. The largest absolute Gasteiger partial charge is 0.466 e. The molecule has 0 amide bonds. The molecule has 0 atom stereocenters. The molecule has 0 unspecified atom stereocenters. The number of carbonyl (C=O) groups is 1. The Labute approximate surface area is 109 Å². The summed E-state index contributed by atoms with van der Waals surface area (Å²) in [5, 5.41) is 0. The molecule has 1 aromatic heterocycles. The van der Waals surface area contributed by atoms with E-state index >= 15 is 0 Å². The van der Waals surface area contributed by atoms with Crippen LogP contribution in [-0.2, 0) is 9.53 Å². The van der Waals surface area contributed by atoms with E-state index < -0.39 is 11.8 Å². The van der Waals surface area contributed by atoms with Gasteiger partial charge in [0.15, 0.2) is 0 Å². The molecule has 0 aliphatic carbocycles. The number of anilines is 1. The molecule has 2 rings (SSSR count). The number of carbonyl (C=O) groups excluding carboxylic acids is 1. The molecule has 1 heterocycles. The molecule has 0 fully saturated rings. The van der Waals surface area contributed by atoms with Gasteiger partial charge < -0.3 is 14.9 Å². The lowest BCUT2D eigenvalue weighted by Crippen LogP contribution is -1.92. The third kappa shape index (κ3) is 3.01. The highest BCUT2D eigenvalue weighted by atomic mass is 19.1. The predicted molar refractivity (Wildman–Crippen MR) is 69.6 cm³/mol. The zero-order chi connectivity index (χ0) is 13.8. The highest BCUT2D eigenvalue weighted by Gasteiger charge is 2.09. The first kappa shape index (κ1) is 12.9. The summed E-state index contributed by atoms with van der Waals surface area (Å²) in [6.07, 6.45) is 2.66. The smallest absolute Gasteiger partial charge is 0.330 e.